The molecule has 5 rings (SSSR count). The van der Waals surface area contributed by atoms with E-state index in [1.165, 1.54) is 16.7 Å². The Bertz CT molecular complexity index is 1200. The first-order valence-electron chi connectivity index (χ1n) is 9.68. The van der Waals surface area contributed by atoms with Crippen molar-refractivity contribution in [3.05, 3.63) is 88.7 Å². The third-order valence-electron chi connectivity index (χ3n) is 5.29. The molecule has 144 valence electrons. The molecular weight excluding hydrogens is 380 g/mol. The average Bonchev–Trinajstić information content (AvgIpc) is 3.13. The fraction of sp³-hybridized carbons (Fsp3) is 0.217. The molecule has 0 amide bonds. The van der Waals surface area contributed by atoms with Gasteiger partial charge in [0.1, 0.15) is 0 Å². The summed E-state index contributed by atoms with van der Waals surface area (Å²) >= 11 is 1.57. The van der Waals surface area contributed by atoms with Gasteiger partial charge in [-0.2, -0.15) is 4.98 Å². The van der Waals surface area contributed by atoms with E-state index in [0.717, 1.165) is 17.9 Å². The van der Waals surface area contributed by atoms with Gasteiger partial charge < -0.3 is 0 Å². The highest BCUT2D eigenvalue weighted by atomic mass is 32.2. The van der Waals surface area contributed by atoms with Gasteiger partial charge in [-0.15, -0.1) is 5.10 Å². The number of rotatable bonds is 4. The summed E-state index contributed by atoms with van der Waals surface area (Å²) in [6, 6.07) is 18.6. The fourth-order valence-corrected chi connectivity index (χ4v) is 4.59. The van der Waals surface area contributed by atoms with Crippen molar-refractivity contribution in [1.82, 2.24) is 19.6 Å². The SMILES string of the molecule is Cc1cccc([C@@H]2CC(=O)c3cn4nc(SCc5ccccc5)nc4nc3C2)c1. The Labute approximate surface area is 173 Å². The number of fused-ring (bicyclic) bond motifs is 2. The van der Waals surface area contributed by atoms with Crippen molar-refractivity contribution in [2.75, 3.05) is 0 Å². The van der Waals surface area contributed by atoms with E-state index in [9.17, 15) is 4.79 Å². The number of nitrogens with zero attached hydrogens (tertiary/aromatic N) is 4. The first-order valence-corrected chi connectivity index (χ1v) is 10.7. The highest BCUT2D eigenvalue weighted by Gasteiger charge is 2.28. The van der Waals surface area contributed by atoms with Crippen LogP contribution in [0.25, 0.3) is 5.78 Å². The summed E-state index contributed by atoms with van der Waals surface area (Å²) in [5.74, 6) is 1.64. The molecule has 2 heterocycles. The number of benzene rings is 2. The maximum absolute atomic E-state index is 12.8. The normalized spacial score (nSPS) is 16.2. The van der Waals surface area contributed by atoms with Crippen molar-refractivity contribution in [2.24, 2.45) is 0 Å². The van der Waals surface area contributed by atoms with Crippen LogP contribution in [0.4, 0.5) is 0 Å². The molecule has 0 spiro atoms. The number of aromatic nitrogens is 4. The van der Waals surface area contributed by atoms with Crippen LogP contribution in [0.2, 0.25) is 0 Å². The van der Waals surface area contributed by atoms with Crippen LogP contribution in [-0.2, 0) is 12.2 Å². The van der Waals surface area contributed by atoms with Gasteiger partial charge in [-0.05, 0) is 30.4 Å². The summed E-state index contributed by atoms with van der Waals surface area (Å²) in [4.78, 5) is 22.1. The number of thioether (sulfide) groups is 1. The summed E-state index contributed by atoms with van der Waals surface area (Å²) in [5.41, 5.74) is 5.13. The van der Waals surface area contributed by atoms with Crippen LogP contribution in [-0.4, -0.2) is 25.4 Å². The lowest BCUT2D eigenvalue weighted by Crippen LogP contribution is -2.21. The zero-order valence-corrected chi connectivity index (χ0v) is 16.9. The lowest BCUT2D eigenvalue weighted by molar-refractivity contribution is 0.0962. The van der Waals surface area contributed by atoms with Crippen LogP contribution >= 0.6 is 11.8 Å². The van der Waals surface area contributed by atoms with Gasteiger partial charge in [-0.1, -0.05) is 71.9 Å². The van der Waals surface area contributed by atoms with E-state index >= 15 is 0 Å². The molecule has 1 atom stereocenters. The van der Waals surface area contributed by atoms with E-state index in [2.05, 4.69) is 53.4 Å². The van der Waals surface area contributed by atoms with Crippen molar-refractivity contribution < 1.29 is 4.79 Å². The Morgan fingerprint density at radius 3 is 2.76 bits per heavy atom. The number of ketones is 1. The Balaban J connectivity index is 1.42. The van der Waals surface area contributed by atoms with Gasteiger partial charge >= 0.3 is 0 Å². The van der Waals surface area contributed by atoms with E-state index in [1.807, 2.05) is 18.2 Å². The average molecular weight is 401 g/mol. The Kier molecular flexibility index (Phi) is 4.64. The third kappa shape index (κ3) is 3.68. The minimum absolute atomic E-state index is 0.126. The number of carbonyl (C=O) groups is 1. The Morgan fingerprint density at radius 2 is 1.93 bits per heavy atom. The lowest BCUT2D eigenvalue weighted by Gasteiger charge is -2.23. The first kappa shape index (κ1) is 18.1. The van der Waals surface area contributed by atoms with Gasteiger partial charge in [0, 0.05) is 18.4 Å². The zero-order chi connectivity index (χ0) is 19.8. The summed E-state index contributed by atoms with van der Waals surface area (Å²) in [7, 11) is 0. The summed E-state index contributed by atoms with van der Waals surface area (Å²) in [5, 5.41) is 5.19. The van der Waals surface area contributed by atoms with Crippen molar-refractivity contribution in [3.63, 3.8) is 0 Å². The molecule has 29 heavy (non-hydrogen) atoms. The molecule has 0 unspecified atom stereocenters. The predicted molar refractivity (Wildman–Crippen MR) is 113 cm³/mol. The smallest absolute Gasteiger partial charge is 0.253 e. The summed E-state index contributed by atoms with van der Waals surface area (Å²) < 4.78 is 1.64. The van der Waals surface area contributed by atoms with Crippen LogP contribution in [0.5, 0.6) is 0 Å². The van der Waals surface area contributed by atoms with E-state index in [0.29, 0.717) is 22.9 Å². The second-order valence-corrected chi connectivity index (χ2v) is 8.40. The third-order valence-corrected chi connectivity index (χ3v) is 6.20. The Hall–Kier alpha value is -2.99. The largest absolute Gasteiger partial charge is 0.294 e. The van der Waals surface area contributed by atoms with Crippen LogP contribution in [0.1, 0.15) is 45.1 Å². The van der Waals surface area contributed by atoms with Crippen LogP contribution in [0.15, 0.2) is 66.0 Å². The molecule has 0 bridgehead atoms. The maximum atomic E-state index is 12.8. The zero-order valence-electron chi connectivity index (χ0n) is 16.1. The van der Waals surface area contributed by atoms with E-state index in [-0.39, 0.29) is 11.7 Å². The highest BCUT2D eigenvalue weighted by molar-refractivity contribution is 7.98. The molecule has 0 aliphatic heterocycles. The van der Waals surface area contributed by atoms with Gasteiger partial charge in [0.05, 0.1) is 11.3 Å². The number of hydrogen-bond acceptors (Lipinski definition) is 5. The highest BCUT2D eigenvalue weighted by Crippen LogP contribution is 2.32. The second kappa shape index (κ2) is 7.44. The molecule has 0 saturated carbocycles. The van der Waals surface area contributed by atoms with Gasteiger partial charge in [-0.3, -0.25) is 4.79 Å². The van der Waals surface area contributed by atoms with Gasteiger partial charge in [0.25, 0.3) is 5.78 Å². The minimum Gasteiger partial charge on any atom is -0.294 e. The van der Waals surface area contributed by atoms with Crippen LogP contribution < -0.4 is 0 Å². The number of hydrogen-bond donors (Lipinski definition) is 0. The molecule has 0 N–H and O–H groups in total. The topological polar surface area (TPSA) is 60.2 Å². The Morgan fingerprint density at radius 1 is 1.07 bits per heavy atom. The standard InChI is InChI=1S/C23H20N4OS/c1-15-6-5-9-17(10-15)18-11-20-19(21(28)12-18)13-27-22(24-20)25-23(26-27)29-14-16-7-3-2-4-8-16/h2-10,13,18H,11-12,14H2,1H3/t18-/m0/s1. The van der Waals surface area contributed by atoms with E-state index in [1.54, 1.807) is 22.5 Å². The van der Waals surface area contributed by atoms with Crippen molar-refractivity contribution in [1.29, 1.82) is 0 Å². The first-order chi connectivity index (χ1) is 14.2. The molecule has 0 saturated heterocycles. The quantitative estimate of drug-likeness (QED) is 0.467. The maximum Gasteiger partial charge on any atom is 0.253 e. The van der Waals surface area contributed by atoms with E-state index in [4.69, 9.17) is 4.98 Å². The van der Waals surface area contributed by atoms with Gasteiger partial charge in [0.15, 0.2) is 5.78 Å². The number of carbonyl (C=O) groups excluding carboxylic acids is 1. The molecule has 6 heteroatoms. The molecule has 0 radical (unpaired) electrons. The second-order valence-electron chi connectivity index (χ2n) is 7.46. The predicted octanol–water partition coefficient (Wildman–Crippen LogP) is 4.64. The van der Waals surface area contributed by atoms with E-state index < -0.39 is 0 Å². The number of Topliss-reactive ketones (excluding diaryl/α,β-unsaturated/α-hetero) is 1. The fourth-order valence-electron chi connectivity index (χ4n) is 3.81. The van der Waals surface area contributed by atoms with Crippen LogP contribution in [0.3, 0.4) is 0 Å². The van der Waals surface area contributed by atoms with Crippen molar-refractivity contribution in [2.45, 2.75) is 36.6 Å². The van der Waals surface area contributed by atoms with Crippen LogP contribution in [0, 0.1) is 6.92 Å². The number of aryl methyl sites for hydroxylation is 1. The van der Waals surface area contributed by atoms with Gasteiger partial charge in [-0.25, -0.2) is 9.50 Å². The molecule has 4 aromatic rings. The van der Waals surface area contributed by atoms with Crippen molar-refractivity contribution in [3.8, 4) is 0 Å². The molecule has 2 aromatic heterocycles. The molecule has 1 aliphatic rings. The molecule has 1 aliphatic carbocycles. The molecular formula is C23H20N4OS. The summed E-state index contributed by atoms with van der Waals surface area (Å²) in [6.45, 7) is 2.08. The molecule has 0 fully saturated rings. The molecule has 2 aromatic carbocycles. The minimum atomic E-state index is 0.126. The summed E-state index contributed by atoms with van der Waals surface area (Å²) in [6.07, 6.45) is 3.06. The van der Waals surface area contributed by atoms with Crippen molar-refractivity contribution >= 4 is 23.3 Å². The molecule has 5 nitrogen and oxygen atoms in total. The monoisotopic (exact) mass is 400 g/mol. The van der Waals surface area contributed by atoms with Gasteiger partial charge in [0.2, 0.25) is 5.16 Å². The lowest BCUT2D eigenvalue weighted by atomic mass is 9.82.